The molecule has 2 aliphatic rings. The second-order valence-electron chi connectivity index (χ2n) is 8.85. The third kappa shape index (κ3) is 2.75. The minimum atomic E-state index is -0.389. The molecule has 0 spiro atoms. The lowest BCUT2D eigenvalue weighted by Crippen LogP contribution is -2.35. The van der Waals surface area contributed by atoms with E-state index in [4.69, 9.17) is 9.31 Å². The van der Waals surface area contributed by atoms with Crippen LogP contribution < -0.4 is 5.46 Å². The van der Waals surface area contributed by atoms with Gasteiger partial charge in [0.25, 0.3) is 0 Å². The molecule has 4 aromatic carbocycles. The van der Waals surface area contributed by atoms with Crippen LogP contribution in [0, 0.1) is 0 Å². The molecule has 0 N–H and O–H groups in total. The van der Waals surface area contributed by atoms with Gasteiger partial charge in [0.1, 0.15) is 0 Å². The van der Waals surface area contributed by atoms with E-state index in [-0.39, 0.29) is 24.7 Å². The molecule has 6 rings (SSSR count). The van der Waals surface area contributed by atoms with Crippen LogP contribution in [0.25, 0.3) is 11.1 Å². The summed E-state index contributed by atoms with van der Waals surface area (Å²) in [7, 11) is -0.335. The SMILES string of the molecule is CC1OB(c2ccc3c(c2)C(c2ccccc2)(c2ccccc2)c2ccccc2-3)OC1C. The maximum absolute atomic E-state index is 6.15. The predicted octanol–water partition coefficient (Wildman–Crippen LogP) is 5.57. The van der Waals surface area contributed by atoms with Gasteiger partial charge in [-0.15, -0.1) is 0 Å². The molecule has 2 nitrogen and oxygen atoms in total. The van der Waals surface area contributed by atoms with Crippen molar-refractivity contribution in [3.63, 3.8) is 0 Å². The van der Waals surface area contributed by atoms with E-state index in [1.165, 1.54) is 33.4 Å². The Balaban J connectivity index is 1.66. The van der Waals surface area contributed by atoms with Gasteiger partial charge in [-0.25, -0.2) is 0 Å². The first-order valence-corrected chi connectivity index (χ1v) is 11.4. The largest absolute Gasteiger partial charge is 0.494 e. The summed E-state index contributed by atoms with van der Waals surface area (Å²) in [6.45, 7) is 4.15. The Kier molecular flexibility index (Phi) is 4.57. The van der Waals surface area contributed by atoms with Crippen molar-refractivity contribution in [2.24, 2.45) is 0 Å². The molecule has 1 aliphatic carbocycles. The van der Waals surface area contributed by atoms with Gasteiger partial charge in [0.15, 0.2) is 0 Å². The van der Waals surface area contributed by atoms with Gasteiger partial charge >= 0.3 is 7.12 Å². The Hall–Kier alpha value is -3.14. The monoisotopic (exact) mass is 416 g/mol. The summed E-state index contributed by atoms with van der Waals surface area (Å²) in [5.74, 6) is 0. The van der Waals surface area contributed by atoms with Crippen molar-refractivity contribution in [1.29, 1.82) is 0 Å². The Morgan fingerprint density at radius 3 is 1.75 bits per heavy atom. The molecule has 2 unspecified atom stereocenters. The Morgan fingerprint density at radius 2 is 1.12 bits per heavy atom. The lowest BCUT2D eigenvalue weighted by atomic mass is 9.66. The molecule has 1 aliphatic heterocycles. The third-order valence-electron chi connectivity index (χ3n) is 7.09. The maximum atomic E-state index is 6.15. The highest BCUT2D eigenvalue weighted by Gasteiger charge is 2.47. The first-order chi connectivity index (χ1) is 15.7. The van der Waals surface area contributed by atoms with Gasteiger partial charge in [0.2, 0.25) is 0 Å². The fraction of sp³-hybridized carbons (Fsp3) is 0.172. The zero-order valence-corrected chi connectivity index (χ0v) is 18.4. The van der Waals surface area contributed by atoms with E-state index < -0.39 is 0 Å². The zero-order chi connectivity index (χ0) is 21.7. The van der Waals surface area contributed by atoms with Gasteiger partial charge in [-0.1, -0.05) is 103 Å². The van der Waals surface area contributed by atoms with Crippen LogP contribution >= 0.6 is 0 Å². The number of fused-ring (bicyclic) bond motifs is 3. The van der Waals surface area contributed by atoms with Gasteiger partial charge in [-0.3, -0.25) is 0 Å². The van der Waals surface area contributed by atoms with Crippen LogP contribution in [0.15, 0.2) is 103 Å². The molecule has 1 heterocycles. The molecule has 0 radical (unpaired) electrons. The minimum absolute atomic E-state index is 0.0819. The number of rotatable bonds is 3. The second kappa shape index (κ2) is 7.48. The molecule has 32 heavy (non-hydrogen) atoms. The van der Waals surface area contributed by atoms with E-state index in [1.54, 1.807) is 0 Å². The lowest BCUT2D eigenvalue weighted by molar-refractivity contribution is 0.187. The fourth-order valence-electron chi connectivity index (χ4n) is 5.41. The highest BCUT2D eigenvalue weighted by atomic mass is 16.7. The van der Waals surface area contributed by atoms with Crippen LogP contribution in [0.4, 0.5) is 0 Å². The highest BCUT2D eigenvalue weighted by molar-refractivity contribution is 6.62. The number of hydrogen-bond donors (Lipinski definition) is 0. The summed E-state index contributed by atoms with van der Waals surface area (Å²) in [5.41, 5.74) is 8.39. The van der Waals surface area contributed by atoms with Crippen molar-refractivity contribution in [1.82, 2.24) is 0 Å². The quantitative estimate of drug-likeness (QED) is 0.358. The molecule has 0 aromatic heterocycles. The first-order valence-electron chi connectivity index (χ1n) is 11.4. The molecule has 156 valence electrons. The first kappa shape index (κ1) is 19.5. The van der Waals surface area contributed by atoms with Crippen LogP contribution in [-0.2, 0) is 14.7 Å². The topological polar surface area (TPSA) is 18.5 Å². The highest BCUT2D eigenvalue weighted by Crippen LogP contribution is 2.55. The number of benzene rings is 4. The Morgan fingerprint density at radius 1 is 0.594 bits per heavy atom. The van der Waals surface area contributed by atoms with E-state index in [0.29, 0.717) is 0 Å². The molecule has 0 saturated carbocycles. The van der Waals surface area contributed by atoms with E-state index in [1.807, 2.05) is 0 Å². The van der Waals surface area contributed by atoms with Gasteiger partial charge in [0, 0.05) is 0 Å². The van der Waals surface area contributed by atoms with Crippen LogP contribution in [0.3, 0.4) is 0 Å². The van der Waals surface area contributed by atoms with E-state index in [0.717, 1.165) is 5.46 Å². The van der Waals surface area contributed by atoms with Crippen LogP contribution in [0.1, 0.15) is 36.1 Å². The molecular formula is C29H25BO2. The molecule has 0 bridgehead atoms. The van der Waals surface area contributed by atoms with Crippen LogP contribution in [-0.4, -0.2) is 19.3 Å². The van der Waals surface area contributed by atoms with Crippen LogP contribution in [0.2, 0.25) is 0 Å². The van der Waals surface area contributed by atoms with Crippen molar-refractivity contribution < 1.29 is 9.31 Å². The third-order valence-corrected chi connectivity index (χ3v) is 7.09. The average Bonchev–Trinajstić information content (AvgIpc) is 3.34. The Bertz CT molecular complexity index is 1220. The van der Waals surface area contributed by atoms with E-state index in [2.05, 4.69) is 117 Å². The lowest BCUT2D eigenvalue weighted by Gasteiger charge is -2.34. The molecule has 3 heteroatoms. The van der Waals surface area contributed by atoms with Gasteiger partial charge in [-0.2, -0.15) is 0 Å². The summed E-state index contributed by atoms with van der Waals surface area (Å²) in [5, 5.41) is 0. The van der Waals surface area contributed by atoms with Crippen LogP contribution in [0.5, 0.6) is 0 Å². The number of hydrogen-bond acceptors (Lipinski definition) is 2. The minimum Gasteiger partial charge on any atom is -0.402 e. The molecule has 0 amide bonds. The fourth-order valence-corrected chi connectivity index (χ4v) is 5.41. The summed E-state index contributed by atoms with van der Waals surface area (Å²) in [6.07, 6.45) is 0.164. The van der Waals surface area contributed by atoms with E-state index in [9.17, 15) is 0 Å². The van der Waals surface area contributed by atoms with Gasteiger partial charge in [0.05, 0.1) is 17.6 Å². The van der Waals surface area contributed by atoms with Gasteiger partial charge < -0.3 is 9.31 Å². The predicted molar refractivity (Wildman–Crippen MR) is 130 cm³/mol. The average molecular weight is 416 g/mol. The molecule has 2 atom stereocenters. The summed E-state index contributed by atoms with van der Waals surface area (Å²) >= 11 is 0. The molecule has 1 saturated heterocycles. The molecule has 1 fully saturated rings. The molecule has 4 aromatic rings. The van der Waals surface area contributed by atoms with Crippen molar-refractivity contribution in [2.45, 2.75) is 31.5 Å². The summed E-state index contributed by atoms with van der Waals surface area (Å²) in [4.78, 5) is 0. The smallest absolute Gasteiger partial charge is 0.402 e. The van der Waals surface area contributed by atoms with Gasteiger partial charge in [-0.05, 0) is 52.7 Å². The van der Waals surface area contributed by atoms with Crippen molar-refractivity contribution >= 4 is 12.6 Å². The summed E-state index contributed by atoms with van der Waals surface area (Å²) < 4.78 is 12.3. The Labute approximate surface area is 190 Å². The van der Waals surface area contributed by atoms with Crippen molar-refractivity contribution in [2.75, 3.05) is 0 Å². The standard InChI is InChI=1S/C29H25BO2/c1-20-21(2)32-30(31-20)24-17-18-26-25-15-9-10-16-27(25)29(28(26)19-24,22-11-5-3-6-12-22)23-13-7-4-8-14-23/h3-21H,1-2H3. The van der Waals surface area contributed by atoms with Crippen molar-refractivity contribution in [3.8, 4) is 11.1 Å². The van der Waals surface area contributed by atoms with E-state index >= 15 is 0 Å². The summed E-state index contributed by atoms with van der Waals surface area (Å²) in [6, 6.07) is 37.2. The maximum Gasteiger partial charge on any atom is 0.494 e. The second-order valence-corrected chi connectivity index (χ2v) is 8.85. The zero-order valence-electron chi connectivity index (χ0n) is 18.4. The normalized spacial score (nSPS) is 20.8. The van der Waals surface area contributed by atoms with Crippen molar-refractivity contribution in [3.05, 3.63) is 125 Å². The molecular weight excluding hydrogens is 391 g/mol.